The molecule has 2 heterocycles. The highest BCUT2D eigenvalue weighted by Crippen LogP contribution is 2.32. The maximum Gasteiger partial charge on any atom is 0.140 e. The Morgan fingerprint density at radius 1 is 1.22 bits per heavy atom. The number of anilines is 1. The third-order valence-corrected chi connectivity index (χ3v) is 4.59. The lowest BCUT2D eigenvalue weighted by molar-refractivity contribution is 0.586. The molecule has 18 heavy (non-hydrogen) atoms. The van der Waals surface area contributed by atoms with Gasteiger partial charge in [0, 0.05) is 41.6 Å². The minimum Gasteiger partial charge on any atom is -0.353 e. The molecular formula is C13H14BrN3S. The van der Waals surface area contributed by atoms with E-state index < -0.39 is 0 Å². The molecule has 1 N–H and O–H groups in total. The molecule has 0 atom stereocenters. The van der Waals surface area contributed by atoms with Crippen molar-refractivity contribution in [2.24, 2.45) is 0 Å². The van der Waals surface area contributed by atoms with Crippen LogP contribution in [0.25, 0.3) is 10.6 Å². The van der Waals surface area contributed by atoms with Crippen LogP contribution >= 0.6 is 27.3 Å². The van der Waals surface area contributed by atoms with E-state index in [9.17, 15) is 0 Å². The standard InChI is InChI=1S/C13H14BrN3S/c14-11-4-2-1-3-10(11)13-16-12(9-18-13)17-7-5-15-6-8-17/h1-4,9,15H,5-8H2. The minimum atomic E-state index is 1.04. The first kappa shape index (κ1) is 12.1. The lowest BCUT2D eigenvalue weighted by Gasteiger charge is -2.27. The van der Waals surface area contributed by atoms with E-state index in [0.29, 0.717) is 0 Å². The molecule has 1 aliphatic heterocycles. The Balaban J connectivity index is 1.87. The van der Waals surface area contributed by atoms with Crippen molar-refractivity contribution < 1.29 is 0 Å². The molecular weight excluding hydrogens is 310 g/mol. The van der Waals surface area contributed by atoms with Gasteiger partial charge in [0.25, 0.3) is 0 Å². The number of hydrogen-bond acceptors (Lipinski definition) is 4. The van der Waals surface area contributed by atoms with Gasteiger partial charge < -0.3 is 10.2 Å². The molecule has 0 saturated carbocycles. The van der Waals surface area contributed by atoms with Crippen LogP contribution in [-0.2, 0) is 0 Å². The Morgan fingerprint density at radius 3 is 2.78 bits per heavy atom. The van der Waals surface area contributed by atoms with Crippen LogP contribution in [0.1, 0.15) is 0 Å². The molecule has 0 aliphatic carbocycles. The fraction of sp³-hybridized carbons (Fsp3) is 0.308. The van der Waals surface area contributed by atoms with Gasteiger partial charge in [-0.05, 0) is 6.07 Å². The summed E-state index contributed by atoms with van der Waals surface area (Å²) in [4.78, 5) is 7.09. The summed E-state index contributed by atoms with van der Waals surface area (Å²) in [6.07, 6.45) is 0. The average Bonchev–Trinajstić information content (AvgIpc) is 2.90. The molecule has 94 valence electrons. The lowest BCUT2D eigenvalue weighted by atomic mass is 10.2. The molecule has 0 amide bonds. The SMILES string of the molecule is Brc1ccccc1-c1nc(N2CCNCC2)cs1. The number of piperazine rings is 1. The summed E-state index contributed by atoms with van der Waals surface area (Å²) in [5.74, 6) is 1.10. The highest BCUT2D eigenvalue weighted by molar-refractivity contribution is 9.10. The number of halogens is 1. The predicted molar refractivity (Wildman–Crippen MR) is 80.3 cm³/mol. The number of aromatic nitrogens is 1. The van der Waals surface area contributed by atoms with Crippen LogP contribution in [0.5, 0.6) is 0 Å². The second-order valence-corrected chi connectivity index (χ2v) is 5.94. The molecule has 1 aromatic heterocycles. The molecule has 0 radical (unpaired) electrons. The van der Waals surface area contributed by atoms with Crippen molar-refractivity contribution in [2.75, 3.05) is 31.1 Å². The maximum absolute atomic E-state index is 4.75. The molecule has 3 rings (SSSR count). The minimum absolute atomic E-state index is 1.04. The van der Waals surface area contributed by atoms with E-state index >= 15 is 0 Å². The second-order valence-electron chi connectivity index (χ2n) is 4.23. The first-order valence-corrected chi connectivity index (χ1v) is 7.68. The van der Waals surface area contributed by atoms with E-state index in [4.69, 9.17) is 4.98 Å². The molecule has 2 aromatic rings. The monoisotopic (exact) mass is 323 g/mol. The zero-order chi connectivity index (χ0) is 12.4. The summed E-state index contributed by atoms with van der Waals surface area (Å²) < 4.78 is 1.10. The van der Waals surface area contributed by atoms with Gasteiger partial charge in [-0.25, -0.2) is 4.98 Å². The van der Waals surface area contributed by atoms with Gasteiger partial charge >= 0.3 is 0 Å². The summed E-state index contributed by atoms with van der Waals surface area (Å²) >= 11 is 5.29. The lowest BCUT2D eigenvalue weighted by Crippen LogP contribution is -2.43. The van der Waals surface area contributed by atoms with Crippen molar-refractivity contribution in [1.82, 2.24) is 10.3 Å². The van der Waals surface area contributed by atoms with Gasteiger partial charge in [0.1, 0.15) is 10.8 Å². The summed E-state index contributed by atoms with van der Waals surface area (Å²) in [5, 5.41) is 6.59. The van der Waals surface area contributed by atoms with Crippen molar-refractivity contribution >= 4 is 33.1 Å². The number of thiazole rings is 1. The normalized spacial score (nSPS) is 15.9. The number of hydrogen-bond donors (Lipinski definition) is 1. The first-order chi connectivity index (χ1) is 8.84. The van der Waals surface area contributed by atoms with E-state index in [0.717, 1.165) is 41.5 Å². The van der Waals surface area contributed by atoms with Crippen LogP contribution in [0.15, 0.2) is 34.1 Å². The average molecular weight is 324 g/mol. The van der Waals surface area contributed by atoms with Gasteiger partial charge in [0.05, 0.1) is 0 Å². The van der Waals surface area contributed by atoms with Crippen LogP contribution in [-0.4, -0.2) is 31.2 Å². The number of benzene rings is 1. The van der Waals surface area contributed by atoms with E-state index in [2.05, 4.69) is 43.7 Å². The second kappa shape index (κ2) is 5.38. The Labute approximate surface area is 119 Å². The maximum atomic E-state index is 4.75. The van der Waals surface area contributed by atoms with E-state index in [1.165, 1.54) is 5.56 Å². The quantitative estimate of drug-likeness (QED) is 0.920. The molecule has 0 spiro atoms. The van der Waals surface area contributed by atoms with Crippen molar-refractivity contribution in [3.05, 3.63) is 34.1 Å². The smallest absolute Gasteiger partial charge is 0.140 e. The van der Waals surface area contributed by atoms with Crippen molar-refractivity contribution in [3.8, 4) is 10.6 Å². The number of rotatable bonds is 2. The fourth-order valence-electron chi connectivity index (χ4n) is 2.06. The van der Waals surface area contributed by atoms with Gasteiger partial charge in [-0.15, -0.1) is 11.3 Å². The van der Waals surface area contributed by atoms with Crippen molar-refractivity contribution in [3.63, 3.8) is 0 Å². The number of nitrogens with zero attached hydrogens (tertiary/aromatic N) is 2. The van der Waals surface area contributed by atoms with Gasteiger partial charge in [-0.1, -0.05) is 34.1 Å². The molecule has 1 aromatic carbocycles. The summed E-state index contributed by atoms with van der Waals surface area (Å²) in [6.45, 7) is 4.17. The van der Waals surface area contributed by atoms with E-state index in [1.807, 2.05) is 12.1 Å². The third kappa shape index (κ3) is 2.43. The summed E-state index contributed by atoms with van der Waals surface area (Å²) in [6, 6.07) is 8.23. The first-order valence-electron chi connectivity index (χ1n) is 6.01. The van der Waals surface area contributed by atoms with E-state index in [-0.39, 0.29) is 0 Å². The van der Waals surface area contributed by atoms with Gasteiger partial charge in [-0.2, -0.15) is 0 Å². The number of nitrogens with one attached hydrogen (secondary N) is 1. The van der Waals surface area contributed by atoms with Crippen LogP contribution in [0.2, 0.25) is 0 Å². The summed E-state index contributed by atoms with van der Waals surface area (Å²) in [5.41, 5.74) is 1.17. The van der Waals surface area contributed by atoms with Crippen molar-refractivity contribution in [1.29, 1.82) is 0 Å². The molecule has 1 fully saturated rings. The Morgan fingerprint density at radius 2 is 2.00 bits per heavy atom. The van der Waals surface area contributed by atoms with Gasteiger partial charge in [-0.3, -0.25) is 0 Å². The van der Waals surface area contributed by atoms with Crippen LogP contribution in [0, 0.1) is 0 Å². The van der Waals surface area contributed by atoms with Crippen LogP contribution in [0.3, 0.4) is 0 Å². The van der Waals surface area contributed by atoms with Crippen LogP contribution < -0.4 is 10.2 Å². The Kier molecular flexibility index (Phi) is 3.63. The largest absolute Gasteiger partial charge is 0.353 e. The highest BCUT2D eigenvalue weighted by atomic mass is 79.9. The summed E-state index contributed by atoms with van der Waals surface area (Å²) in [7, 11) is 0. The molecule has 1 aliphatic rings. The van der Waals surface area contributed by atoms with E-state index in [1.54, 1.807) is 11.3 Å². The van der Waals surface area contributed by atoms with Crippen molar-refractivity contribution in [2.45, 2.75) is 0 Å². The third-order valence-electron chi connectivity index (χ3n) is 3.04. The van der Waals surface area contributed by atoms with Gasteiger partial charge in [0.15, 0.2) is 0 Å². The molecule has 0 unspecified atom stereocenters. The molecule has 3 nitrogen and oxygen atoms in total. The Bertz CT molecular complexity index is 535. The molecule has 0 bridgehead atoms. The zero-order valence-electron chi connectivity index (χ0n) is 9.90. The highest BCUT2D eigenvalue weighted by Gasteiger charge is 2.14. The molecule has 1 saturated heterocycles. The topological polar surface area (TPSA) is 28.2 Å². The van der Waals surface area contributed by atoms with Gasteiger partial charge in [0.2, 0.25) is 0 Å². The zero-order valence-corrected chi connectivity index (χ0v) is 12.3. The fourth-order valence-corrected chi connectivity index (χ4v) is 3.54. The predicted octanol–water partition coefficient (Wildman–Crippen LogP) is 2.98. The Hall–Kier alpha value is -0.910. The van der Waals surface area contributed by atoms with Crippen LogP contribution in [0.4, 0.5) is 5.82 Å². The molecule has 5 heteroatoms.